The molecule has 1 unspecified atom stereocenters. The zero-order valence-corrected chi connectivity index (χ0v) is 11.2. The first-order valence-electron chi connectivity index (χ1n) is 6.05. The summed E-state index contributed by atoms with van der Waals surface area (Å²) >= 11 is 5.87. The van der Waals surface area contributed by atoms with Crippen LogP contribution in [0, 0.1) is 0 Å². The maximum atomic E-state index is 11.5. The number of benzene rings is 1. The number of hydrogen-bond donors (Lipinski definition) is 3. The zero-order chi connectivity index (χ0) is 13.4. The average molecular weight is 271 g/mol. The molecule has 0 bridgehead atoms. The molecule has 0 fully saturated rings. The molecule has 3 N–H and O–H groups in total. The first-order valence-corrected chi connectivity index (χ1v) is 6.43. The summed E-state index contributed by atoms with van der Waals surface area (Å²) in [5.41, 5.74) is 1.08. The van der Waals surface area contributed by atoms with Crippen LogP contribution < -0.4 is 10.6 Å². The molecule has 0 aliphatic rings. The standard InChI is InChI=1S/C13H19ClN2O2/c1-2-12(9-17)16-13(18)15-7-6-10-4-3-5-11(14)8-10/h3-5,8,12,17H,2,6-7,9H2,1H3,(H2,15,16,18). The highest BCUT2D eigenvalue weighted by Gasteiger charge is 2.07. The van der Waals surface area contributed by atoms with Crippen molar-refractivity contribution in [2.45, 2.75) is 25.8 Å². The van der Waals surface area contributed by atoms with E-state index in [0.717, 1.165) is 12.0 Å². The quantitative estimate of drug-likeness (QED) is 0.740. The molecule has 1 rings (SSSR count). The number of carbonyl (C=O) groups excluding carboxylic acids is 1. The summed E-state index contributed by atoms with van der Waals surface area (Å²) in [6, 6.07) is 7.11. The number of halogens is 1. The highest BCUT2D eigenvalue weighted by molar-refractivity contribution is 6.30. The molecular formula is C13H19ClN2O2. The van der Waals surface area contributed by atoms with Crippen LogP contribution in [-0.2, 0) is 6.42 Å². The van der Waals surface area contributed by atoms with Crippen LogP contribution in [0.5, 0.6) is 0 Å². The van der Waals surface area contributed by atoms with Gasteiger partial charge in [0.25, 0.3) is 0 Å². The van der Waals surface area contributed by atoms with E-state index >= 15 is 0 Å². The van der Waals surface area contributed by atoms with Gasteiger partial charge in [0.15, 0.2) is 0 Å². The van der Waals surface area contributed by atoms with E-state index in [4.69, 9.17) is 16.7 Å². The number of amides is 2. The average Bonchev–Trinajstić information content (AvgIpc) is 2.36. The normalized spacial score (nSPS) is 11.9. The fourth-order valence-corrected chi connectivity index (χ4v) is 1.74. The Balaban J connectivity index is 2.27. The van der Waals surface area contributed by atoms with Gasteiger partial charge >= 0.3 is 6.03 Å². The van der Waals surface area contributed by atoms with Crippen LogP contribution in [0.4, 0.5) is 4.79 Å². The van der Waals surface area contributed by atoms with Crippen LogP contribution in [0.3, 0.4) is 0 Å². The third-order valence-electron chi connectivity index (χ3n) is 2.64. The van der Waals surface area contributed by atoms with E-state index in [2.05, 4.69) is 10.6 Å². The fraction of sp³-hybridized carbons (Fsp3) is 0.462. The smallest absolute Gasteiger partial charge is 0.315 e. The van der Waals surface area contributed by atoms with E-state index in [1.54, 1.807) is 0 Å². The lowest BCUT2D eigenvalue weighted by atomic mass is 10.1. The van der Waals surface area contributed by atoms with Crippen LogP contribution in [0.25, 0.3) is 0 Å². The van der Waals surface area contributed by atoms with Gasteiger partial charge in [0, 0.05) is 11.6 Å². The molecule has 0 aliphatic carbocycles. The molecule has 0 heterocycles. The monoisotopic (exact) mass is 270 g/mol. The number of rotatable bonds is 6. The molecule has 1 aromatic rings. The SMILES string of the molecule is CCC(CO)NC(=O)NCCc1cccc(Cl)c1. The summed E-state index contributed by atoms with van der Waals surface area (Å²) < 4.78 is 0. The second-order valence-electron chi connectivity index (χ2n) is 4.07. The van der Waals surface area contributed by atoms with Crippen LogP contribution >= 0.6 is 11.6 Å². The Morgan fingerprint density at radius 2 is 2.28 bits per heavy atom. The Morgan fingerprint density at radius 1 is 1.50 bits per heavy atom. The summed E-state index contributed by atoms with van der Waals surface area (Å²) in [6.45, 7) is 2.40. The first-order chi connectivity index (χ1) is 8.65. The van der Waals surface area contributed by atoms with Crippen molar-refractivity contribution in [2.24, 2.45) is 0 Å². The molecule has 5 heteroatoms. The number of hydrogen-bond acceptors (Lipinski definition) is 2. The summed E-state index contributed by atoms with van der Waals surface area (Å²) in [5.74, 6) is 0. The van der Waals surface area contributed by atoms with E-state index in [-0.39, 0.29) is 18.7 Å². The minimum atomic E-state index is -0.252. The molecule has 1 atom stereocenters. The largest absolute Gasteiger partial charge is 0.394 e. The maximum absolute atomic E-state index is 11.5. The number of nitrogens with one attached hydrogen (secondary N) is 2. The topological polar surface area (TPSA) is 61.4 Å². The first kappa shape index (κ1) is 14.8. The molecule has 0 saturated carbocycles. The molecule has 4 nitrogen and oxygen atoms in total. The number of urea groups is 1. The molecule has 0 aromatic heterocycles. The Kier molecular flexibility index (Phi) is 6.54. The summed E-state index contributed by atoms with van der Waals surface area (Å²) in [4.78, 5) is 11.5. The van der Waals surface area contributed by atoms with Crippen molar-refractivity contribution >= 4 is 17.6 Å². The van der Waals surface area contributed by atoms with Gasteiger partial charge in [0.05, 0.1) is 12.6 Å². The van der Waals surface area contributed by atoms with E-state index < -0.39 is 0 Å². The van der Waals surface area contributed by atoms with Gasteiger partial charge in [0.2, 0.25) is 0 Å². The number of carbonyl (C=O) groups is 1. The van der Waals surface area contributed by atoms with Crippen LogP contribution in [0.15, 0.2) is 24.3 Å². The van der Waals surface area contributed by atoms with E-state index in [1.807, 2.05) is 31.2 Å². The second-order valence-corrected chi connectivity index (χ2v) is 4.50. The Morgan fingerprint density at radius 3 is 2.89 bits per heavy atom. The Labute approximate surface area is 112 Å². The lowest BCUT2D eigenvalue weighted by Gasteiger charge is -2.14. The lowest BCUT2D eigenvalue weighted by molar-refractivity contribution is 0.214. The van der Waals surface area contributed by atoms with Gasteiger partial charge in [-0.25, -0.2) is 4.79 Å². The summed E-state index contributed by atoms with van der Waals surface area (Å²) in [5, 5.41) is 15.1. The van der Waals surface area contributed by atoms with Gasteiger partial charge in [-0.15, -0.1) is 0 Å². The Hall–Kier alpha value is -1.26. The lowest BCUT2D eigenvalue weighted by Crippen LogP contribution is -2.44. The highest BCUT2D eigenvalue weighted by Crippen LogP contribution is 2.10. The van der Waals surface area contributed by atoms with Crippen molar-refractivity contribution in [3.05, 3.63) is 34.9 Å². The molecule has 2 amide bonds. The van der Waals surface area contributed by atoms with E-state index in [0.29, 0.717) is 18.0 Å². The molecule has 0 aliphatic heterocycles. The molecule has 0 radical (unpaired) electrons. The Bertz CT molecular complexity index is 381. The van der Waals surface area contributed by atoms with Crippen molar-refractivity contribution in [1.29, 1.82) is 0 Å². The minimum absolute atomic E-state index is 0.0434. The highest BCUT2D eigenvalue weighted by atomic mass is 35.5. The summed E-state index contributed by atoms with van der Waals surface area (Å²) in [6.07, 6.45) is 1.43. The van der Waals surface area contributed by atoms with Crippen LogP contribution in [-0.4, -0.2) is 30.3 Å². The second kappa shape index (κ2) is 7.95. The molecule has 18 heavy (non-hydrogen) atoms. The van der Waals surface area contributed by atoms with E-state index in [1.165, 1.54) is 0 Å². The predicted octanol–water partition coefficient (Wildman–Crippen LogP) is 1.95. The van der Waals surface area contributed by atoms with Crippen molar-refractivity contribution in [1.82, 2.24) is 10.6 Å². The van der Waals surface area contributed by atoms with Gasteiger partial charge in [0.1, 0.15) is 0 Å². The molecular weight excluding hydrogens is 252 g/mol. The van der Waals surface area contributed by atoms with Gasteiger partial charge < -0.3 is 15.7 Å². The maximum Gasteiger partial charge on any atom is 0.315 e. The van der Waals surface area contributed by atoms with Crippen molar-refractivity contribution in [2.75, 3.05) is 13.2 Å². The third kappa shape index (κ3) is 5.38. The fourth-order valence-electron chi connectivity index (χ4n) is 1.53. The molecule has 100 valence electrons. The van der Waals surface area contributed by atoms with Crippen molar-refractivity contribution < 1.29 is 9.90 Å². The summed E-state index contributed by atoms with van der Waals surface area (Å²) in [7, 11) is 0. The van der Waals surface area contributed by atoms with E-state index in [9.17, 15) is 4.79 Å². The van der Waals surface area contributed by atoms with Gasteiger partial charge in [-0.1, -0.05) is 30.7 Å². The zero-order valence-electron chi connectivity index (χ0n) is 10.4. The van der Waals surface area contributed by atoms with Crippen LogP contribution in [0.1, 0.15) is 18.9 Å². The molecule has 0 saturated heterocycles. The molecule has 1 aromatic carbocycles. The van der Waals surface area contributed by atoms with Crippen molar-refractivity contribution in [3.63, 3.8) is 0 Å². The van der Waals surface area contributed by atoms with Crippen LogP contribution in [0.2, 0.25) is 5.02 Å². The van der Waals surface area contributed by atoms with Crippen molar-refractivity contribution in [3.8, 4) is 0 Å². The number of aliphatic hydroxyl groups is 1. The van der Waals surface area contributed by atoms with Gasteiger partial charge in [-0.3, -0.25) is 0 Å². The predicted molar refractivity (Wildman–Crippen MR) is 72.9 cm³/mol. The molecule has 0 spiro atoms. The van der Waals surface area contributed by atoms with Gasteiger partial charge in [-0.2, -0.15) is 0 Å². The number of aliphatic hydroxyl groups excluding tert-OH is 1. The third-order valence-corrected chi connectivity index (χ3v) is 2.87. The minimum Gasteiger partial charge on any atom is -0.394 e. The van der Waals surface area contributed by atoms with Gasteiger partial charge in [-0.05, 0) is 30.5 Å².